The van der Waals surface area contributed by atoms with Crippen molar-refractivity contribution in [1.82, 2.24) is 4.98 Å². The Morgan fingerprint density at radius 3 is 1.76 bits per heavy atom. The molecule has 0 aliphatic carbocycles. The van der Waals surface area contributed by atoms with Gasteiger partial charge in [-0.1, -0.05) is 140 Å². The Bertz CT molecular complexity index is 3160. The number of furan rings is 2. The summed E-state index contributed by atoms with van der Waals surface area (Å²) >= 11 is 1.71. The van der Waals surface area contributed by atoms with E-state index in [2.05, 4.69) is 163 Å². The SMILES string of the molecule is c1ccc(-c2nc3cc(N(c4ccc(-c5ccccc5)c(-c5ccccc5)c4)c4cccc5oc6ccccc6c45)c4oc5ccccc5c4c3s2)cc1. The summed E-state index contributed by atoms with van der Waals surface area (Å²) in [5, 5.41) is 5.20. The lowest BCUT2D eigenvalue weighted by atomic mass is 9.93. The molecule has 0 bridgehead atoms. The van der Waals surface area contributed by atoms with Crippen LogP contribution in [0.3, 0.4) is 0 Å². The third kappa shape index (κ3) is 4.86. The van der Waals surface area contributed by atoms with Crippen molar-refractivity contribution in [3.8, 4) is 32.8 Å². The zero-order chi connectivity index (χ0) is 35.6. The van der Waals surface area contributed by atoms with E-state index >= 15 is 0 Å². The van der Waals surface area contributed by atoms with Crippen LogP contribution >= 0.6 is 11.3 Å². The molecule has 54 heavy (non-hydrogen) atoms. The lowest BCUT2D eigenvalue weighted by Crippen LogP contribution is -2.11. The first-order valence-corrected chi connectivity index (χ1v) is 18.9. The molecular weight excluding hydrogens is 681 g/mol. The molecule has 0 saturated heterocycles. The second-order valence-corrected chi connectivity index (χ2v) is 14.5. The highest BCUT2D eigenvalue weighted by atomic mass is 32.1. The Hall–Kier alpha value is -6.95. The van der Waals surface area contributed by atoms with E-state index in [1.165, 1.54) is 0 Å². The minimum atomic E-state index is 0.810. The van der Waals surface area contributed by atoms with Gasteiger partial charge in [0.25, 0.3) is 0 Å². The largest absolute Gasteiger partial charge is 0.456 e. The number of thiazole rings is 1. The molecule has 0 fully saturated rings. The van der Waals surface area contributed by atoms with Crippen LogP contribution in [-0.2, 0) is 0 Å². The predicted octanol–water partition coefficient (Wildman–Crippen LogP) is 14.6. The van der Waals surface area contributed by atoms with Crippen LogP contribution in [0.2, 0.25) is 0 Å². The molecule has 0 aliphatic rings. The van der Waals surface area contributed by atoms with Crippen molar-refractivity contribution < 1.29 is 8.83 Å². The maximum absolute atomic E-state index is 6.93. The molecule has 5 heteroatoms. The number of hydrogen-bond donors (Lipinski definition) is 0. The molecular formula is C49H30N2O2S. The number of para-hydroxylation sites is 2. The number of aromatic nitrogens is 1. The van der Waals surface area contributed by atoms with Gasteiger partial charge in [0.05, 0.1) is 27.0 Å². The van der Waals surface area contributed by atoms with Crippen LogP contribution < -0.4 is 4.90 Å². The summed E-state index contributed by atoms with van der Waals surface area (Å²) in [4.78, 5) is 7.65. The highest BCUT2D eigenvalue weighted by Crippen LogP contribution is 2.50. The van der Waals surface area contributed by atoms with E-state index in [0.717, 1.165) is 104 Å². The number of anilines is 3. The lowest BCUT2D eigenvalue weighted by molar-refractivity contribution is 0.668. The maximum atomic E-state index is 6.93. The first-order chi connectivity index (χ1) is 26.8. The van der Waals surface area contributed by atoms with E-state index in [1.54, 1.807) is 11.3 Å². The van der Waals surface area contributed by atoms with E-state index in [9.17, 15) is 0 Å². The third-order valence-corrected chi connectivity index (χ3v) is 11.4. The summed E-state index contributed by atoms with van der Waals surface area (Å²) < 4.78 is 14.5. The Morgan fingerprint density at radius 1 is 0.444 bits per heavy atom. The minimum absolute atomic E-state index is 0.810. The van der Waals surface area contributed by atoms with Gasteiger partial charge in [0, 0.05) is 27.4 Å². The molecule has 0 atom stereocenters. The molecule has 4 nitrogen and oxygen atoms in total. The topological polar surface area (TPSA) is 42.4 Å². The van der Waals surface area contributed by atoms with Crippen molar-refractivity contribution in [2.45, 2.75) is 0 Å². The van der Waals surface area contributed by atoms with Gasteiger partial charge in [-0.25, -0.2) is 4.98 Å². The summed E-state index contributed by atoms with van der Waals surface area (Å²) in [7, 11) is 0. The Kier molecular flexibility index (Phi) is 7.00. The number of fused-ring (bicyclic) bond motifs is 8. The van der Waals surface area contributed by atoms with Crippen molar-refractivity contribution in [2.75, 3.05) is 4.90 Å². The first-order valence-electron chi connectivity index (χ1n) is 18.0. The van der Waals surface area contributed by atoms with E-state index in [-0.39, 0.29) is 0 Å². The van der Waals surface area contributed by atoms with E-state index in [1.807, 2.05) is 24.3 Å². The highest BCUT2D eigenvalue weighted by Gasteiger charge is 2.27. The molecule has 254 valence electrons. The zero-order valence-corrected chi connectivity index (χ0v) is 29.8. The Morgan fingerprint density at radius 2 is 1.04 bits per heavy atom. The molecule has 11 aromatic rings. The zero-order valence-electron chi connectivity index (χ0n) is 28.9. The van der Waals surface area contributed by atoms with Crippen LogP contribution in [0.1, 0.15) is 0 Å². The molecule has 3 aromatic heterocycles. The van der Waals surface area contributed by atoms with Crippen molar-refractivity contribution in [3.63, 3.8) is 0 Å². The van der Waals surface area contributed by atoms with Crippen molar-refractivity contribution in [2.24, 2.45) is 0 Å². The smallest absolute Gasteiger partial charge is 0.160 e. The fourth-order valence-electron chi connectivity index (χ4n) is 7.87. The molecule has 0 aliphatic heterocycles. The number of hydrogen-bond acceptors (Lipinski definition) is 5. The third-order valence-electron chi connectivity index (χ3n) is 10.3. The second-order valence-electron chi connectivity index (χ2n) is 13.5. The Labute approximate surface area is 314 Å². The molecule has 8 aromatic carbocycles. The Balaban J connectivity index is 1.26. The fourth-order valence-corrected chi connectivity index (χ4v) is 8.98. The molecule has 0 amide bonds. The van der Waals surface area contributed by atoms with E-state index in [0.29, 0.717) is 0 Å². The normalized spacial score (nSPS) is 11.7. The summed E-state index contributed by atoms with van der Waals surface area (Å²) in [6, 6.07) is 63.6. The van der Waals surface area contributed by atoms with Crippen molar-refractivity contribution >= 4 is 82.5 Å². The summed E-state index contributed by atoms with van der Waals surface area (Å²) in [5.41, 5.74) is 12.8. The second kappa shape index (κ2) is 12.3. The van der Waals surface area contributed by atoms with Gasteiger partial charge >= 0.3 is 0 Å². The van der Waals surface area contributed by atoms with Crippen LogP contribution in [0.25, 0.3) is 86.9 Å². The van der Waals surface area contributed by atoms with Crippen LogP contribution in [-0.4, -0.2) is 4.98 Å². The average molecular weight is 711 g/mol. The van der Waals surface area contributed by atoms with Crippen LogP contribution in [0.15, 0.2) is 191 Å². The molecule has 0 unspecified atom stereocenters. The first kappa shape index (κ1) is 30.7. The lowest BCUT2D eigenvalue weighted by Gasteiger charge is -2.27. The van der Waals surface area contributed by atoms with Gasteiger partial charge in [-0.15, -0.1) is 11.3 Å². The minimum Gasteiger partial charge on any atom is -0.456 e. The van der Waals surface area contributed by atoms with Gasteiger partial charge in [-0.05, 0) is 64.7 Å². The standard InChI is InChI=1S/C49H30N2O2S/c1-4-15-31(16-5-1)35-28-27-34(29-38(35)32-17-6-2-7-18-32)51(40-23-14-26-44-45(40)36-21-10-12-24-42(36)52-44)41-30-39-48(54-49(50-39)33-19-8-3-9-20-33)46-37-22-11-13-25-43(37)53-47(41)46/h1-30H. The molecule has 0 radical (unpaired) electrons. The number of nitrogens with zero attached hydrogens (tertiary/aromatic N) is 2. The molecule has 0 N–H and O–H groups in total. The van der Waals surface area contributed by atoms with Crippen LogP contribution in [0.5, 0.6) is 0 Å². The fraction of sp³-hybridized carbons (Fsp3) is 0. The van der Waals surface area contributed by atoms with Crippen LogP contribution in [0, 0.1) is 0 Å². The molecule has 0 spiro atoms. The molecule has 11 rings (SSSR count). The maximum Gasteiger partial charge on any atom is 0.160 e. The predicted molar refractivity (Wildman–Crippen MR) is 225 cm³/mol. The molecule has 3 heterocycles. The molecule has 0 saturated carbocycles. The van der Waals surface area contributed by atoms with Crippen molar-refractivity contribution in [3.05, 3.63) is 182 Å². The van der Waals surface area contributed by atoms with E-state index < -0.39 is 0 Å². The number of rotatable bonds is 6. The van der Waals surface area contributed by atoms with E-state index in [4.69, 9.17) is 13.8 Å². The summed E-state index contributed by atoms with van der Waals surface area (Å²) in [6.07, 6.45) is 0. The summed E-state index contributed by atoms with van der Waals surface area (Å²) in [5.74, 6) is 0. The van der Waals surface area contributed by atoms with Gasteiger partial charge in [0.2, 0.25) is 0 Å². The van der Waals surface area contributed by atoms with Gasteiger partial charge in [-0.2, -0.15) is 0 Å². The highest BCUT2D eigenvalue weighted by molar-refractivity contribution is 7.22. The van der Waals surface area contributed by atoms with Gasteiger partial charge in [0.1, 0.15) is 21.8 Å². The monoisotopic (exact) mass is 710 g/mol. The van der Waals surface area contributed by atoms with Gasteiger partial charge < -0.3 is 13.7 Å². The summed E-state index contributed by atoms with van der Waals surface area (Å²) in [6.45, 7) is 0. The number of benzene rings is 8. The van der Waals surface area contributed by atoms with Crippen LogP contribution in [0.4, 0.5) is 17.1 Å². The average Bonchev–Trinajstić information content (AvgIpc) is 3.96. The van der Waals surface area contributed by atoms with Gasteiger partial charge in [0.15, 0.2) is 5.58 Å². The van der Waals surface area contributed by atoms with Gasteiger partial charge in [-0.3, -0.25) is 0 Å². The quantitative estimate of drug-likeness (QED) is 0.172. The van der Waals surface area contributed by atoms with Crippen molar-refractivity contribution in [1.29, 1.82) is 0 Å².